The Morgan fingerprint density at radius 3 is 2.18 bits per heavy atom. The van der Waals surface area contributed by atoms with Gasteiger partial charge in [0.2, 0.25) is 0 Å². The molecule has 0 bridgehead atoms. The van der Waals surface area contributed by atoms with Gasteiger partial charge in [0.05, 0.1) is 18.7 Å². The second-order valence-electron chi connectivity index (χ2n) is 12.1. The summed E-state index contributed by atoms with van der Waals surface area (Å²) in [7, 11) is 0. The molecule has 9 heteroatoms. The van der Waals surface area contributed by atoms with Crippen LogP contribution >= 0.6 is 0 Å². The van der Waals surface area contributed by atoms with E-state index in [2.05, 4.69) is 117 Å². The summed E-state index contributed by atoms with van der Waals surface area (Å²) >= 11 is 0. The Morgan fingerprint density at radius 1 is 0.886 bits per heavy atom. The quantitative estimate of drug-likeness (QED) is 0.278. The van der Waals surface area contributed by atoms with Crippen LogP contribution in [0.1, 0.15) is 58.6 Å². The first-order valence-corrected chi connectivity index (χ1v) is 15.6. The zero-order chi connectivity index (χ0) is 30.0. The van der Waals surface area contributed by atoms with Gasteiger partial charge in [-0.15, -0.1) is 5.10 Å². The van der Waals surface area contributed by atoms with E-state index in [9.17, 15) is 4.79 Å². The first-order chi connectivity index (χ1) is 21.5. The molecule has 7 rings (SSSR count). The van der Waals surface area contributed by atoms with Crippen molar-refractivity contribution in [2.75, 3.05) is 32.8 Å². The molecule has 1 N–H and O–H groups in total. The van der Waals surface area contributed by atoms with Gasteiger partial charge >= 0.3 is 0 Å². The third-order valence-electron chi connectivity index (χ3n) is 9.15. The lowest BCUT2D eigenvalue weighted by molar-refractivity contribution is 0.0778. The van der Waals surface area contributed by atoms with Crippen molar-refractivity contribution in [3.63, 3.8) is 0 Å². The van der Waals surface area contributed by atoms with E-state index < -0.39 is 6.04 Å². The SMILES string of the molecule is Cc1cc(C)c2cc(C(c3nnnn3CC3CCCO3)N3CCN(C(c4ccccc4)c4ccccc4)CC3)c(=O)[nH]c2c1. The summed E-state index contributed by atoms with van der Waals surface area (Å²) in [5, 5.41) is 14.1. The maximum atomic E-state index is 13.8. The lowest BCUT2D eigenvalue weighted by atomic mass is 9.95. The van der Waals surface area contributed by atoms with E-state index in [0.29, 0.717) is 17.9 Å². The van der Waals surface area contributed by atoms with Gasteiger partial charge < -0.3 is 9.72 Å². The number of hydrogen-bond donors (Lipinski definition) is 1. The fourth-order valence-corrected chi connectivity index (χ4v) is 7.05. The van der Waals surface area contributed by atoms with Crippen molar-refractivity contribution in [3.05, 3.63) is 123 Å². The number of fused-ring (bicyclic) bond motifs is 1. The van der Waals surface area contributed by atoms with Gasteiger partial charge in [-0.25, -0.2) is 4.68 Å². The Balaban J connectivity index is 1.25. The summed E-state index contributed by atoms with van der Waals surface area (Å²) in [6.07, 6.45) is 2.10. The molecule has 0 saturated carbocycles. The van der Waals surface area contributed by atoms with Crippen LogP contribution in [0.2, 0.25) is 0 Å². The smallest absolute Gasteiger partial charge is 0.253 e. The predicted molar refractivity (Wildman–Crippen MR) is 171 cm³/mol. The Morgan fingerprint density at radius 2 is 1.55 bits per heavy atom. The predicted octanol–water partition coefficient (Wildman–Crippen LogP) is 4.81. The van der Waals surface area contributed by atoms with Crippen molar-refractivity contribution in [3.8, 4) is 0 Å². The largest absolute Gasteiger partial charge is 0.376 e. The summed E-state index contributed by atoms with van der Waals surface area (Å²) in [4.78, 5) is 22.0. The molecule has 2 saturated heterocycles. The number of tetrazole rings is 1. The number of H-pyrrole nitrogens is 1. The molecule has 4 heterocycles. The molecular weight excluding hydrogens is 550 g/mol. The second kappa shape index (κ2) is 12.4. The number of piperazine rings is 1. The van der Waals surface area contributed by atoms with Gasteiger partial charge in [0.15, 0.2) is 5.82 Å². The molecule has 0 aliphatic carbocycles. The summed E-state index contributed by atoms with van der Waals surface area (Å²) in [5.41, 5.74) is 6.23. The van der Waals surface area contributed by atoms with Crippen LogP contribution in [0.4, 0.5) is 0 Å². The molecule has 9 nitrogen and oxygen atoms in total. The number of nitrogens with one attached hydrogen (secondary N) is 1. The fraction of sp³-hybridized carbons (Fsp3) is 0.371. The van der Waals surface area contributed by atoms with Gasteiger partial charge in [-0.2, -0.15) is 0 Å². The summed E-state index contributed by atoms with van der Waals surface area (Å²) < 4.78 is 7.80. The number of ether oxygens (including phenoxy) is 1. The summed E-state index contributed by atoms with van der Waals surface area (Å²) in [5.74, 6) is 0.686. The number of aromatic amines is 1. The zero-order valence-corrected chi connectivity index (χ0v) is 25.4. The van der Waals surface area contributed by atoms with Crippen LogP contribution in [0.5, 0.6) is 0 Å². The van der Waals surface area contributed by atoms with Crippen LogP contribution in [0.25, 0.3) is 10.9 Å². The topological polar surface area (TPSA) is 92.2 Å². The highest BCUT2D eigenvalue weighted by Gasteiger charge is 2.35. The molecule has 5 aromatic rings. The Bertz CT molecular complexity index is 1730. The number of aryl methyl sites for hydroxylation is 2. The minimum Gasteiger partial charge on any atom is -0.376 e. The first-order valence-electron chi connectivity index (χ1n) is 15.6. The molecule has 2 unspecified atom stereocenters. The van der Waals surface area contributed by atoms with Crippen LogP contribution in [0.15, 0.2) is 83.7 Å². The van der Waals surface area contributed by atoms with Crippen molar-refractivity contribution in [2.45, 2.75) is 51.4 Å². The average molecular weight is 590 g/mol. The van der Waals surface area contributed by atoms with E-state index in [-0.39, 0.29) is 17.7 Å². The average Bonchev–Trinajstić information content (AvgIpc) is 3.73. The minimum atomic E-state index is -0.394. The van der Waals surface area contributed by atoms with E-state index in [1.165, 1.54) is 11.1 Å². The number of rotatable bonds is 8. The third kappa shape index (κ3) is 5.70. The van der Waals surface area contributed by atoms with E-state index in [0.717, 1.165) is 67.7 Å². The van der Waals surface area contributed by atoms with Crippen LogP contribution in [0, 0.1) is 13.8 Å². The van der Waals surface area contributed by atoms with Crippen LogP contribution in [-0.4, -0.2) is 73.9 Å². The van der Waals surface area contributed by atoms with Crippen molar-refractivity contribution in [2.24, 2.45) is 0 Å². The molecule has 0 radical (unpaired) electrons. The number of aromatic nitrogens is 5. The van der Waals surface area contributed by atoms with Gasteiger partial charge in [-0.05, 0) is 71.5 Å². The summed E-state index contributed by atoms with van der Waals surface area (Å²) in [6.45, 7) is 8.69. The monoisotopic (exact) mass is 589 g/mol. The highest BCUT2D eigenvalue weighted by molar-refractivity contribution is 5.83. The van der Waals surface area contributed by atoms with Gasteiger partial charge in [-0.1, -0.05) is 66.7 Å². The third-order valence-corrected chi connectivity index (χ3v) is 9.15. The van der Waals surface area contributed by atoms with Gasteiger partial charge in [0.25, 0.3) is 5.56 Å². The zero-order valence-electron chi connectivity index (χ0n) is 25.4. The fourth-order valence-electron chi connectivity index (χ4n) is 7.05. The van der Waals surface area contributed by atoms with Gasteiger partial charge in [0.1, 0.15) is 6.04 Å². The number of benzene rings is 3. The van der Waals surface area contributed by atoms with Gasteiger partial charge in [0, 0.05) is 49.3 Å². The van der Waals surface area contributed by atoms with Crippen molar-refractivity contribution in [1.82, 2.24) is 35.0 Å². The standard InChI is InChI=1S/C35H39N7O2/c1-24-20-25(2)29-22-30(35(43)36-31(29)21-24)33(34-37-38-39-42(34)23-28-14-9-19-44-28)41-17-15-40(16-18-41)32(26-10-5-3-6-11-26)27-12-7-4-8-13-27/h3-8,10-13,20-22,28,32-33H,9,14-19,23H2,1-2H3,(H,36,43). The second-order valence-corrected chi connectivity index (χ2v) is 12.1. The first kappa shape index (κ1) is 28.6. The molecular formula is C35H39N7O2. The van der Waals surface area contributed by atoms with Crippen molar-refractivity contribution in [1.29, 1.82) is 0 Å². The molecule has 3 aromatic carbocycles. The van der Waals surface area contributed by atoms with E-state index in [1.54, 1.807) is 0 Å². The van der Waals surface area contributed by atoms with Crippen molar-refractivity contribution >= 4 is 10.9 Å². The summed E-state index contributed by atoms with van der Waals surface area (Å²) in [6, 6.07) is 27.4. The normalized spacial score (nSPS) is 18.8. The van der Waals surface area contributed by atoms with E-state index in [4.69, 9.17) is 4.74 Å². The van der Waals surface area contributed by atoms with Crippen molar-refractivity contribution < 1.29 is 4.74 Å². The maximum Gasteiger partial charge on any atom is 0.253 e. The number of pyridine rings is 1. The molecule has 2 fully saturated rings. The minimum absolute atomic E-state index is 0.0763. The van der Waals surface area contributed by atoms with E-state index >= 15 is 0 Å². The highest BCUT2D eigenvalue weighted by Crippen LogP contribution is 2.33. The van der Waals surface area contributed by atoms with Crippen LogP contribution in [0.3, 0.4) is 0 Å². The van der Waals surface area contributed by atoms with Gasteiger partial charge in [-0.3, -0.25) is 14.6 Å². The van der Waals surface area contributed by atoms with Crippen LogP contribution in [-0.2, 0) is 11.3 Å². The molecule has 0 spiro atoms. The molecule has 2 aliphatic rings. The molecule has 0 amide bonds. The van der Waals surface area contributed by atoms with E-state index in [1.807, 2.05) is 10.7 Å². The molecule has 44 heavy (non-hydrogen) atoms. The molecule has 2 aromatic heterocycles. The molecule has 2 atom stereocenters. The Kier molecular flexibility index (Phi) is 8.08. The lowest BCUT2D eigenvalue weighted by Crippen LogP contribution is -2.50. The highest BCUT2D eigenvalue weighted by atomic mass is 16.5. The molecule has 2 aliphatic heterocycles. The maximum absolute atomic E-state index is 13.8. The number of hydrogen-bond acceptors (Lipinski definition) is 7. The Hall–Kier alpha value is -4.18. The lowest BCUT2D eigenvalue weighted by Gasteiger charge is -2.42. The van der Waals surface area contributed by atoms with Crippen LogP contribution < -0.4 is 5.56 Å². The molecule has 226 valence electrons. The Labute approximate surface area is 257 Å². The number of nitrogens with zero attached hydrogens (tertiary/aromatic N) is 6.